The van der Waals surface area contributed by atoms with Crippen molar-refractivity contribution in [3.8, 4) is 0 Å². The Morgan fingerprint density at radius 1 is 0.912 bits per heavy atom. The van der Waals surface area contributed by atoms with Crippen molar-refractivity contribution >= 4 is 40.0 Å². The van der Waals surface area contributed by atoms with Crippen LogP contribution in [0.15, 0.2) is 83.7 Å². The van der Waals surface area contributed by atoms with Crippen molar-refractivity contribution in [2.75, 3.05) is 11.9 Å². The number of nitrogens with one attached hydrogen (secondary N) is 1. The second kappa shape index (κ2) is 9.15. The van der Waals surface area contributed by atoms with E-state index in [0.29, 0.717) is 40.3 Å². The molecule has 0 bridgehead atoms. The van der Waals surface area contributed by atoms with Crippen LogP contribution >= 0.6 is 11.6 Å². The van der Waals surface area contributed by atoms with Crippen LogP contribution in [0, 0.1) is 0 Å². The molecule has 0 aliphatic carbocycles. The highest BCUT2D eigenvalue weighted by atomic mass is 35.5. The first-order valence-corrected chi connectivity index (χ1v) is 11.4. The number of nitrogens with zero attached hydrogens (tertiary/aromatic N) is 2. The van der Waals surface area contributed by atoms with Gasteiger partial charge < -0.3 is 10.2 Å². The lowest BCUT2D eigenvalue weighted by Gasteiger charge is -2.29. The first-order valence-electron chi connectivity index (χ1n) is 11.0. The van der Waals surface area contributed by atoms with Crippen LogP contribution in [0.5, 0.6) is 0 Å². The smallest absolute Gasteiger partial charge is 0.255 e. The van der Waals surface area contributed by atoms with Gasteiger partial charge in [-0.3, -0.25) is 19.0 Å². The molecule has 0 radical (unpaired) electrons. The molecule has 2 amide bonds. The zero-order valence-electron chi connectivity index (χ0n) is 18.3. The Kier molecular flexibility index (Phi) is 5.90. The molecule has 0 fully saturated rings. The summed E-state index contributed by atoms with van der Waals surface area (Å²) in [6.45, 7) is 0.931. The van der Waals surface area contributed by atoms with Crippen LogP contribution in [0.1, 0.15) is 21.5 Å². The maximum absolute atomic E-state index is 13.5. The molecule has 34 heavy (non-hydrogen) atoms. The SMILES string of the molecule is O=C(Cn1c(=O)cc(C(=O)N2CCc3ccccc3C2)c2ccccc21)Nc1ccc(Cl)cc1. The average molecular weight is 472 g/mol. The average Bonchev–Trinajstić information content (AvgIpc) is 2.86. The van der Waals surface area contributed by atoms with Gasteiger partial charge in [0.1, 0.15) is 6.54 Å². The fourth-order valence-corrected chi connectivity index (χ4v) is 4.52. The van der Waals surface area contributed by atoms with Crippen LogP contribution in [0.25, 0.3) is 10.9 Å². The fourth-order valence-electron chi connectivity index (χ4n) is 4.39. The monoisotopic (exact) mass is 471 g/mol. The van der Waals surface area contributed by atoms with Crippen LogP contribution in [-0.2, 0) is 24.3 Å². The van der Waals surface area contributed by atoms with Crippen LogP contribution in [-0.4, -0.2) is 27.8 Å². The molecule has 0 saturated heterocycles. The van der Waals surface area contributed by atoms with Crippen LogP contribution in [0.4, 0.5) is 5.69 Å². The number of halogens is 1. The Morgan fingerprint density at radius 3 is 2.41 bits per heavy atom. The third-order valence-corrected chi connectivity index (χ3v) is 6.35. The second-order valence-corrected chi connectivity index (χ2v) is 8.74. The lowest BCUT2D eigenvalue weighted by molar-refractivity contribution is -0.116. The Balaban J connectivity index is 1.45. The molecular formula is C27H22ClN3O3. The van der Waals surface area contributed by atoms with Gasteiger partial charge in [0.05, 0.1) is 11.1 Å². The summed E-state index contributed by atoms with van der Waals surface area (Å²) in [4.78, 5) is 41.0. The predicted octanol–water partition coefficient (Wildman–Crippen LogP) is 4.49. The van der Waals surface area contributed by atoms with Crippen molar-refractivity contribution in [3.05, 3.63) is 111 Å². The van der Waals surface area contributed by atoms with Crippen molar-refractivity contribution in [1.29, 1.82) is 0 Å². The molecule has 170 valence electrons. The number of anilines is 1. The lowest BCUT2D eigenvalue weighted by atomic mass is 9.98. The Hall–Kier alpha value is -3.90. The highest BCUT2D eigenvalue weighted by Crippen LogP contribution is 2.24. The van der Waals surface area contributed by atoms with E-state index in [4.69, 9.17) is 11.6 Å². The summed E-state index contributed by atoms with van der Waals surface area (Å²) in [5.41, 5.74) is 3.46. The van der Waals surface area contributed by atoms with Crippen molar-refractivity contribution in [2.24, 2.45) is 0 Å². The van der Waals surface area contributed by atoms with Crippen LogP contribution in [0.3, 0.4) is 0 Å². The molecule has 1 aromatic heterocycles. The van der Waals surface area contributed by atoms with E-state index in [0.717, 1.165) is 12.0 Å². The van der Waals surface area contributed by atoms with E-state index in [-0.39, 0.29) is 18.4 Å². The molecule has 3 aromatic carbocycles. The Labute approximate surface area is 201 Å². The number of carbonyl (C=O) groups excluding carboxylic acids is 2. The van der Waals surface area contributed by atoms with Gasteiger partial charge in [-0.25, -0.2) is 0 Å². The minimum Gasteiger partial charge on any atom is -0.334 e. The van der Waals surface area contributed by atoms with E-state index in [9.17, 15) is 14.4 Å². The van der Waals surface area contributed by atoms with E-state index in [1.54, 1.807) is 41.3 Å². The van der Waals surface area contributed by atoms with Crippen molar-refractivity contribution in [3.63, 3.8) is 0 Å². The number of fused-ring (bicyclic) bond motifs is 2. The van der Waals surface area contributed by atoms with Gasteiger partial charge in [-0.1, -0.05) is 54.1 Å². The van der Waals surface area contributed by atoms with Gasteiger partial charge in [0.25, 0.3) is 11.5 Å². The summed E-state index contributed by atoms with van der Waals surface area (Å²) in [5, 5.41) is 3.99. The fraction of sp³-hybridized carbons (Fsp3) is 0.148. The van der Waals surface area contributed by atoms with Gasteiger partial charge in [0.15, 0.2) is 0 Å². The Morgan fingerprint density at radius 2 is 1.62 bits per heavy atom. The molecular weight excluding hydrogens is 450 g/mol. The van der Waals surface area contributed by atoms with Crippen molar-refractivity contribution < 1.29 is 9.59 Å². The third-order valence-electron chi connectivity index (χ3n) is 6.10. The van der Waals surface area contributed by atoms with Gasteiger partial charge >= 0.3 is 0 Å². The first kappa shape index (κ1) is 21.9. The predicted molar refractivity (Wildman–Crippen MR) is 133 cm³/mol. The maximum Gasteiger partial charge on any atom is 0.255 e. The van der Waals surface area contributed by atoms with Crippen molar-refractivity contribution in [1.82, 2.24) is 9.47 Å². The quantitative estimate of drug-likeness (QED) is 0.476. The van der Waals surface area contributed by atoms with E-state index in [1.807, 2.05) is 30.3 Å². The molecule has 0 spiro atoms. The summed E-state index contributed by atoms with van der Waals surface area (Å²) < 4.78 is 1.39. The van der Waals surface area contributed by atoms with Gasteiger partial charge in [-0.2, -0.15) is 0 Å². The summed E-state index contributed by atoms with van der Waals surface area (Å²) in [7, 11) is 0. The molecule has 2 heterocycles. The van der Waals surface area contributed by atoms with Gasteiger partial charge in [0, 0.05) is 35.3 Å². The number of pyridine rings is 1. The third kappa shape index (κ3) is 4.32. The van der Waals surface area contributed by atoms with E-state index < -0.39 is 5.56 Å². The molecule has 7 heteroatoms. The molecule has 1 aliphatic rings. The zero-order valence-corrected chi connectivity index (χ0v) is 19.1. The maximum atomic E-state index is 13.5. The molecule has 4 aromatic rings. The zero-order chi connectivity index (χ0) is 23.7. The molecule has 0 unspecified atom stereocenters. The molecule has 0 atom stereocenters. The summed E-state index contributed by atoms with van der Waals surface area (Å²) in [5.74, 6) is -0.526. The topological polar surface area (TPSA) is 71.4 Å². The minimum atomic E-state index is -0.397. The standard InChI is InChI=1S/C27H22ClN3O3/c28-20-9-11-21(12-10-20)29-25(32)17-31-24-8-4-3-7-22(24)23(15-26(31)33)27(34)30-14-13-18-5-1-2-6-19(18)16-30/h1-12,15H,13-14,16-17H2,(H,29,32). The van der Waals surface area contributed by atoms with E-state index in [1.165, 1.54) is 16.2 Å². The molecule has 1 N–H and O–H groups in total. The van der Waals surface area contributed by atoms with Crippen LogP contribution < -0.4 is 10.9 Å². The van der Waals surface area contributed by atoms with Gasteiger partial charge in [-0.15, -0.1) is 0 Å². The highest BCUT2D eigenvalue weighted by Gasteiger charge is 2.24. The number of rotatable bonds is 4. The Bertz CT molecular complexity index is 1460. The lowest BCUT2D eigenvalue weighted by Crippen LogP contribution is -2.37. The highest BCUT2D eigenvalue weighted by molar-refractivity contribution is 6.30. The number of carbonyl (C=O) groups is 2. The molecule has 0 saturated carbocycles. The second-order valence-electron chi connectivity index (χ2n) is 8.30. The van der Waals surface area contributed by atoms with E-state index in [2.05, 4.69) is 11.4 Å². The van der Waals surface area contributed by atoms with Crippen molar-refractivity contribution in [2.45, 2.75) is 19.5 Å². The summed E-state index contributed by atoms with van der Waals surface area (Å²) >= 11 is 5.90. The molecule has 6 nitrogen and oxygen atoms in total. The summed E-state index contributed by atoms with van der Waals surface area (Å²) in [6.07, 6.45) is 0.780. The van der Waals surface area contributed by atoms with Gasteiger partial charge in [-0.05, 0) is 47.9 Å². The number of hydrogen-bond acceptors (Lipinski definition) is 3. The van der Waals surface area contributed by atoms with E-state index >= 15 is 0 Å². The van der Waals surface area contributed by atoms with Crippen LogP contribution in [0.2, 0.25) is 5.02 Å². The first-order chi connectivity index (χ1) is 16.5. The normalized spacial score (nSPS) is 12.9. The largest absolute Gasteiger partial charge is 0.334 e. The van der Waals surface area contributed by atoms with Gasteiger partial charge in [0.2, 0.25) is 5.91 Å². The minimum absolute atomic E-state index is 0.173. The molecule has 5 rings (SSSR count). The number of hydrogen-bond donors (Lipinski definition) is 1. The number of aromatic nitrogens is 1. The number of benzene rings is 3. The summed E-state index contributed by atoms with van der Waals surface area (Å²) in [6, 6.07) is 23.4. The number of para-hydroxylation sites is 1. The molecule has 1 aliphatic heterocycles. The number of amides is 2.